The summed E-state index contributed by atoms with van der Waals surface area (Å²) in [6.45, 7) is 4.53. The van der Waals surface area contributed by atoms with Gasteiger partial charge in [0.2, 0.25) is 0 Å². The summed E-state index contributed by atoms with van der Waals surface area (Å²) in [5.41, 5.74) is 8.92. The van der Waals surface area contributed by atoms with Gasteiger partial charge in [-0.05, 0) is 69.2 Å². The fourth-order valence-electron chi connectivity index (χ4n) is 4.72. The van der Waals surface area contributed by atoms with Gasteiger partial charge in [-0.25, -0.2) is 14.6 Å². The van der Waals surface area contributed by atoms with Crippen LogP contribution in [0.25, 0.3) is 16.9 Å². The van der Waals surface area contributed by atoms with Crippen molar-refractivity contribution in [2.75, 3.05) is 39.1 Å². The molecule has 2 aliphatic heterocycles. The second kappa shape index (κ2) is 9.25. The van der Waals surface area contributed by atoms with Crippen molar-refractivity contribution in [3.63, 3.8) is 0 Å². The van der Waals surface area contributed by atoms with Crippen LogP contribution in [0.1, 0.15) is 30.0 Å². The standard InChI is InChI=1S/C26H30N8O3/c1-17-10-29-33(13-17)21-8-18(7-19(9-21)26(35)15-36-16-26)23-12-28-24(27)25(31-23)37-22-11-30-34(14-22)20-3-5-32(2)6-4-20/h7-14,20,35H,3-6,15-16H2,1-2H3,(H2,27,28). The smallest absolute Gasteiger partial charge is 0.263 e. The quantitative estimate of drug-likeness (QED) is 0.409. The third kappa shape index (κ3) is 4.68. The van der Waals surface area contributed by atoms with Crippen molar-refractivity contribution in [2.45, 2.75) is 31.4 Å². The maximum absolute atomic E-state index is 11.0. The Morgan fingerprint density at radius 1 is 1.08 bits per heavy atom. The lowest BCUT2D eigenvalue weighted by atomic mass is 9.90. The summed E-state index contributed by atoms with van der Waals surface area (Å²) in [6.07, 6.45) is 11.0. The zero-order valence-corrected chi connectivity index (χ0v) is 20.9. The molecule has 4 aromatic rings. The van der Waals surface area contributed by atoms with Crippen molar-refractivity contribution in [1.82, 2.24) is 34.4 Å². The fraction of sp³-hybridized carbons (Fsp3) is 0.385. The number of nitrogens with zero attached hydrogens (tertiary/aromatic N) is 7. The highest BCUT2D eigenvalue weighted by Gasteiger charge is 2.38. The van der Waals surface area contributed by atoms with Gasteiger partial charge in [0, 0.05) is 11.8 Å². The molecule has 0 bridgehead atoms. The zero-order chi connectivity index (χ0) is 25.6. The van der Waals surface area contributed by atoms with Crippen LogP contribution in [0.4, 0.5) is 5.82 Å². The van der Waals surface area contributed by atoms with Crippen LogP contribution in [0.2, 0.25) is 0 Å². The number of piperidine rings is 1. The normalized spacial score (nSPS) is 18.0. The number of rotatable bonds is 6. The largest absolute Gasteiger partial charge is 0.433 e. The SMILES string of the molecule is Cc1cnn(-c2cc(-c3cnc(N)c(Oc4cnn(C5CCN(C)CC5)c4)n3)cc(C3(O)COC3)c2)c1. The number of hydrogen-bond acceptors (Lipinski definition) is 9. The molecule has 0 unspecified atom stereocenters. The van der Waals surface area contributed by atoms with E-state index in [1.165, 1.54) is 0 Å². The molecule has 11 nitrogen and oxygen atoms in total. The van der Waals surface area contributed by atoms with Crippen LogP contribution in [-0.2, 0) is 10.3 Å². The molecule has 2 aliphatic rings. The summed E-state index contributed by atoms with van der Waals surface area (Å²) >= 11 is 0. The first-order valence-electron chi connectivity index (χ1n) is 12.4. The monoisotopic (exact) mass is 502 g/mol. The summed E-state index contributed by atoms with van der Waals surface area (Å²) in [5, 5.41) is 19.9. The highest BCUT2D eigenvalue weighted by atomic mass is 16.5. The minimum absolute atomic E-state index is 0.181. The Balaban J connectivity index is 1.31. The lowest BCUT2D eigenvalue weighted by Gasteiger charge is -2.37. The van der Waals surface area contributed by atoms with Gasteiger partial charge in [0.05, 0.1) is 55.4 Å². The number of aryl methyl sites for hydroxylation is 1. The van der Waals surface area contributed by atoms with E-state index in [1.807, 2.05) is 42.2 Å². The molecule has 0 spiro atoms. The molecular weight excluding hydrogens is 472 g/mol. The van der Waals surface area contributed by atoms with Crippen molar-refractivity contribution in [3.05, 3.63) is 60.3 Å². The third-order valence-electron chi connectivity index (χ3n) is 7.03. The first kappa shape index (κ1) is 23.6. The summed E-state index contributed by atoms with van der Waals surface area (Å²) in [4.78, 5) is 11.3. The number of benzene rings is 1. The number of hydrogen-bond donors (Lipinski definition) is 2. The van der Waals surface area contributed by atoms with E-state index in [0.29, 0.717) is 17.5 Å². The molecule has 0 radical (unpaired) electrons. The van der Waals surface area contributed by atoms with Crippen molar-refractivity contribution in [3.8, 4) is 28.6 Å². The second-order valence-corrected chi connectivity index (χ2v) is 9.99. The van der Waals surface area contributed by atoms with Gasteiger partial charge in [-0.15, -0.1) is 0 Å². The van der Waals surface area contributed by atoms with Gasteiger partial charge in [0.25, 0.3) is 5.88 Å². The lowest BCUT2D eigenvalue weighted by molar-refractivity contribution is -0.184. The fourth-order valence-corrected chi connectivity index (χ4v) is 4.72. The van der Waals surface area contributed by atoms with Gasteiger partial charge in [-0.1, -0.05) is 0 Å². The van der Waals surface area contributed by atoms with Crippen molar-refractivity contribution in [2.24, 2.45) is 0 Å². The average Bonchev–Trinajstić information content (AvgIpc) is 3.53. The van der Waals surface area contributed by atoms with Crippen molar-refractivity contribution >= 4 is 5.82 Å². The third-order valence-corrected chi connectivity index (χ3v) is 7.03. The number of aliphatic hydroxyl groups is 1. The molecule has 192 valence electrons. The molecule has 3 N–H and O–H groups in total. The maximum Gasteiger partial charge on any atom is 0.263 e. The Hall–Kier alpha value is -3.80. The van der Waals surface area contributed by atoms with E-state index >= 15 is 0 Å². The van der Waals surface area contributed by atoms with E-state index in [2.05, 4.69) is 32.1 Å². The first-order valence-corrected chi connectivity index (χ1v) is 12.4. The number of ether oxygens (including phenoxy) is 2. The Kier molecular flexibility index (Phi) is 5.90. The summed E-state index contributed by atoms with van der Waals surface area (Å²) < 4.78 is 15.1. The van der Waals surface area contributed by atoms with Crippen LogP contribution in [-0.4, -0.2) is 72.9 Å². The molecule has 37 heavy (non-hydrogen) atoms. The molecule has 0 amide bonds. The van der Waals surface area contributed by atoms with Crippen LogP contribution < -0.4 is 10.5 Å². The van der Waals surface area contributed by atoms with Crippen LogP contribution in [0.3, 0.4) is 0 Å². The second-order valence-electron chi connectivity index (χ2n) is 9.99. The number of likely N-dealkylation sites (tertiary alicyclic amines) is 1. The Bertz CT molecular complexity index is 1420. The van der Waals surface area contributed by atoms with Gasteiger partial charge >= 0.3 is 0 Å². The predicted octanol–water partition coefficient (Wildman–Crippen LogP) is 2.69. The minimum atomic E-state index is -1.06. The molecule has 3 aromatic heterocycles. The van der Waals surface area contributed by atoms with Crippen molar-refractivity contribution < 1.29 is 14.6 Å². The minimum Gasteiger partial charge on any atom is -0.433 e. The molecule has 0 aliphatic carbocycles. The molecule has 2 fully saturated rings. The van der Waals surface area contributed by atoms with E-state index in [0.717, 1.165) is 48.3 Å². The van der Waals surface area contributed by atoms with Gasteiger partial charge in [0.1, 0.15) is 5.60 Å². The highest BCUT2D eigenvalue weighted by molar-refractivity contribution is 5.65. The lowest BCUT2D eigenvalue weighted by Crippen LogP contribution is -2.46. The number of anilines is 1. The summed E-state index contributed by atoms with van der Waals surface area (Å²) in [5.74, 6) is 0.938. The molecule has 2 saturated heterocycles. The van der Waals surface area contributed by atoms with E-state index in [9.17, 15) is 5.11 Å². The zero-order valence-electron chi connectivity index (χ0n) is 20.9. The molecule has 5 heterocycles. The number of nitrogens with two attached hydrogens (primary N) is 1. The Morgan fingerprint density at radius 2 is 1.89 bits per heavy atom. The van der Waals surface area contributed by atoms with Gasteiger partial charge in [-0.2, -0.15) is 10.2 Å². The van der Waals surface area contributed by atoms with Crippen LogP contribution >= 0.6 is 0 Å². The number of aromatic nitrogens is 6. The molecule has 1 aromatic carbocycles. The van der Waals surface area contributed by atoms with Gasteiger partial charge < -0.3 is 25.2 Å². The van der Waals surface area contributed by atoms with Crippen molar-refractivity contribution in [1.29, 1.82) is 0 Å². The van der Waals surface area contributed by atoms with E-state index in [-0.39, 0.29) is 24.9 Å². The van der Waals surface area contributed by atoms with E-state index in [1.54, 1.807) is 23.3 Å². The first-order chi connectivity index (χ1) is 17.9. The Labute approximate surface area is 214 Å². The maximum atomic E-state index is 11.0. The Morgan fingerprint density at radius 3 is 2.59 bits per heavy atom. The molecule has 11 heteroatoms. The average molecular weight is 503 g/mol. The summed E-state index contributed by atoms with van der Waals surface area (Å²) in [7, 11) is 2.14. The molecule has 0 saturated carbocycles. The molecule has 0 atom stereocenters. The van der Waals surface area contributed by atoms with Crippen LogP contribution in [0, 0.1) is 6.92 Å². The van der Waals surface area contributed by atoms with Crippen LogP contribution in [0.15, 0.2) is 49.2 Å². The predicted molar refractivity (Wildman–Crippen MR) is 137 cm³/mol. The van der Waals surface area contributed by atoms with Crippen LogP contribution in [0.5, 0.6) is 11.6 Å². The van der Waals surface area contributed by atoms with Gasteiger partial charge in [0.15, 0.2) is 11.6 Å². The number of nitrogen functional groups attached to an aromatic ring is 1. The van der Waals surface area contributed by atoms with E-state index in [4.69, 9.17) is 15.2 Å². The molecule has 6 rings (SSSR count). The van der Waals surface area contributed by atoms with Gasteiger partial charge in [-0.3, -0.25) is 4.68 Å². The van der Waals surface area contributed by atoms with E-state index < -0.39 is 5.60 Å². The topological polar surface area (TPSA) is 129 Å². The summed E-state index contributed by atoms with van der Waals surface area (Å²) in [6, 6.07) is 6.10. The molecular formula is C26H30N8O3. The highest BCUT2D eigenvalue weighted by Crippen LogP contribution is 2.35.